The number of carbonyl (C=O) groups excluding carboxylic acids is 15. The standard InChI is InChI=1S/C60H119N17O12.C22H45N7O4.C10H20N2O2/c1-9-10-15-71-60(87)50(46-55(82)70-28-24-65-18-13-61)43-52(79)42-49(59(86)73-31-26-66-19-14-62)44-53(80)48(45-54(81)69-29-25-67-22-20-63-16-11-56(83)88-38-36-76(7)34-32-74(3)4)41-51(78)40-47(2)58(85)72-30-27-68-23-21-64-17-12-57(84)89-39-37-77(8)35-33-75(5)6;1-3-4-7-28-22(33)18(16-20(31)27-12-10-25-8-5-23)15-19(30)14-17(2)21(32)29-13-11-26-9-6-24;1-5-10(13)14-9-8-12(4)7-6-11(2)3/h47-50,63-68H,9-46,61-62H2,1-8H3,(H,69,81)(H,70,82)(H,71,87)(H,72,85)(H,73,86);17-18,25-26H,3-16,23-24H2,1-2H3,(H,27,31)(H,28,33)(H,29,32);5H,1,6-9H2,2-4H3. The number of nitrogens with two attached hydrogens (primary N) is 4. The third kappa shape index (κ3) is 84.0. The molecule has 0 bridgehead atoms. The Morgan fingerprint density at radius 3 is 0.853 bits per heavy atom. The van der Waals surface area contributed by atoms with Gasteiger partial charge in [-0.15, -0.1) is 0 Å². The van der Waals surface area contributed by atoms with E-state index in [4.69, 9.17) is 37.1 Å². The van der Waals surface area contributed by atoms with Gasteiger partial charge in [0.25, 0.3) is 0 Å². The molecule has 8 amide bonds. The number of rotatable bonds is 89. The molecule has 790 valence electrons. The molecule has 0 aliphatic carbocycles. The molecular formula is C92H184N26O18. The Balaban J connectivity index is -0.00000305. The molecule has 6 atom stereocenters. The molecule has 0 aliphatic rings. The van der Waals surface area contributed by atoms with Gasteiger partial charge >= 0.3 is 17.9 Å². The van der Waals surface area contributed by atoms with E-state index in [1.54, 1.807) is 13.8 Å². The van der Waals surface area contributed by atoms with Gasteiger partial charge < -0.3 is 152 Å². The number of ether oxygens (including phenoxy) is 3. The highest BCUT2D eigenvalue weighted by molar-refractivity contribution is 5.98. The largest absolute Gasteiger partial charge is 0.464 e. The molecule has 0 rings (SSSR count). The molecule has 0 fully saturated rings. The van der Waals surface area contributed by atoms with Gasteiger partial charge in [-0.1, -0.05) is 47.1 Å². The number of esters is 3. The molecule has 0 aromatic rings. The van der Waals surface area contributed by atoms with E-state index < -0.39 is 109 Å². The summed E-state index contributed by atoms with van der Waals surface area (Å²) in [5.74, 6) is -11.7. The lowest BCUT2D eigenvalue weighted by Crippen LogP contribution is -2.40. The lowest BCUT2D eigenvalue weighted by molar-refractivity contribution is -0.144. The van der Waals surface area contributed by atoms with Crippen molar-refractivity contribution >= 4 is 88.3 Å². The van der Waals surface area contributed by atoms with Crippen molar-refractivity contribution in [3.05, 3.63) is 12.7 Å². The Kier molecular flexibility index (Phi) is 88.0. The van der Waals surface area contributed by atoms with Gasteiger partial charge in [-0.2, -0.15) is 0 Å². The Morgan fingerprint density at radius 2 is 0.544 bits per heavy atom. The first-order chi connectivity index (χ1) is 65.0. The highest BCUT2D eigenvalue weighted by atomic mass is 16.5. The lowest BCUT2D eigenvalue weighted by atomic mass is 9.84. The average molecular weight is 1940 g/mol. The molecule has 0 heterocycles. The molecular weight excluding hydrogens is 1760 g/mol. The minimum Gasteiger partial charge on any atom is -0.464 e. The monoisotopic (exact) mass is 1940 g/mol. The van der Waals surface area contributed by atoms with E-state index in [1.165, 1.54) is 6.08 Å². The third-order valence-corrected chi connectivity index (χ3v) is 20.9. The summed E-state index contributed by atoms with van der Waals surface area (Å²) in [4.78, 5) is 207. The Morgan fingerprint density at radius 1 is 0.287 bits per heavy atom. The zero-order valence-corrected chi connectivity index (χ0v) is 85.2. The van der Waals surface area contributed by atoms with E-state index in [1.807, 2.05) is 77.3 Å². The Labute approximate surface area is 812 Å². The van der Waals surface area contributed by atoms with Gasteiger partial charge in [0.15, 0.2) is 0 Å². The van der Waals surface area contributed by atoms with Gasteiger partial charge in [0.1, 0.15) is 43.0 Å². The molecule has 44 heteroatoms. The summed E-state index contributed by atoms with van der Waals surface area (Å²) >= 11 is 0. The summed E-state index contributed by atoms with van der Waals surface area (Å²) in [6, 6.07) is 0. The molecule has 0 radical (unpaired) electrons. The fraction of sp³-hybridized carbons (Fsp3) is 0.815. The van der Waals surface area contributed by atoms with Crippen LogP contribution in [0, 0.1) is 35.5 Å². The first-order valence-corrected chi connectivity index (χ1v) is 48.9. The van der Waals surface area contributed by atoms with Crippen LogP contribution in [0.3, 0.4) is 0 Å². The van der Waals surface area contributed by atoms with Gasteiger partial charge in [0, 0.05) is 330 Å². The van der Waals surface area contributed by atoms with E-state index in [9.17, 15) is 71.9 Å². The van der Waals surface area contributed by atoms with Crippen LogP contribution in [-0.2, 0) is 86.1 Å². The third-order valence-electron chi connectivity index (χ3n) is 20.9. The minimum absolute atomic E-state index is 0.0193. The summed E-state index contributed by atoms with van der Waals surface area (Å²) in [5, 5.41) is 47.3. The van der Waals surface area contributed by atoms with Crippen molar-refractivity contribution in [2.75, 3.05) is 325 Å². The van der Waals surface area contributed by atoms with Crippen molar-refractivity contribution in [3.63, 3.8) is 0 Å². The predicted octanol–water partition coefficient (Wildman–Crippen LogP) is -5.97. The molecule has 136 heavy (non-hydrogen) atoms. The summed E-state index contributed by atoms with van der Waals surface area (Å²) < 4.78 is 15.5. The van der Waals surface area contributed by atoms with Gasteiger partial charge in [-0.05, 0) is 76.3 Å². The number of hydrogen-bond donors (Lipinski definition) is 20. The number of amides is 8. The average Bonchev–Trinajstić information content (AvgIpc) is 0.871. The van der Waals surface area contributed by atoms with Crippen LogP contribution in [0.2, 0.25) is 0 Å². The summed E-state index contributed by atoms with van der Waals surface area (Å²) in [7, 11) is 18.1. The Bertz CT molecular complexity index is 3230. The number of Topliss-reactive ketones (excluding diaryl/α,β-unsaturated/α-hetero) is 4. The lowest BCUT2D eigenvalue weighted by Gasteiger charge is -2.21. The van der Waals surface area contributed by atoms with Crippen molar-refractivity contribution < 1.29 is 86.1 Å². The second-order valence-electron chi connectivity index (χ2n) is 34.7. The van der Waals surface area contributed by atoms with Crippen molar-refractivity contribution in [1.29, 1.82) is 0 Å². The molecule has 0 aromatic heterocycles. The number of hydrogen-bond acceptors (Lipinski definition) is 36. The number of likely N-dealkylation sites (N-methyl/N-ethyl adjacent to an activating group) is 6. The highest BCUT2D eigenvalue weighted by Gasteiger charge is 2.34. The highest BCUT2D eigenvalue weighted by Crippen LogP contribution is 2.24. The van der Waals surface area contributed by atoms with Crippen LogP contribution in [0.5, 0.6) is 0 Å². The van der Waals surface area contributed by atoms with E-state index in [2.05, 4.69) is 121 Å². The maximum absolute atomic E-state index is 14.5. The zero-order chi connectivity index (χ0) is 102. The second kappa shape index (κ2) is 90.7. The number of nitrogens with zero attached hydrogens (tertiary/aromatic N) is 6. The molecule has 0 aromatic carbocycles. The van der Waals surface area contributed by atoms with Gasteiger partial charge in [-0.3, -0.25) is 67.1 Å². The van der Waals surface area contributed by atoms with E-state index in [0.29, 0.717) is 196 Å². The molecule has 0 saturated carbocycles. The fourth-order valence-electron chi connectivity index (χ4n) is 12.6. The first-order valence-electron chi connectivity index (χ1n) is 48.9. The fourth-order valence-corrected chi connectivity index (χ4v) is 12.6. The van der Waals surface area contributed by atoms with Crippen LogP contribution in [0.25, 0.3) is 0 Å². The predicted molar refractivity (Wildman–Crippen MR) is 532 cm³/mol. The van der Waals surface area contributed by atoms with Crippen LogP contribution < -0.4 is 108 Å². The maximum Gasteiger partial charge on any atom is 0.330 e. The normalized spacial score (nSPS) is 12.5. The number of carbonyl (C=O) groups is 15. The SMILES string of the molecule is C=CC(=O)OCCN(C)CCN(C)C.CCCCNC(=O)C(CC(=O)CC(C)C(=O)NCCNCCN)CC(=O)NCCNCCN.CCCCNC(=O)C(CC(=O)CC(CC(=O)C(CC(=O)CC(C)C(=O)NCCNCCNCCC(=O)OCCN(C)CCN(C)C)CC(=O)NCCNCCNCCC(=O)OCCN(C)CCN(C)C)C(=O)NCCNCCN)CC(=O)NCCNCCN. The molecule has 0 saturated heterocycles. The summed E-state index contributed by atoms with van der Waals surface area (Å²) in [5.41, 5.74) is 21.9. The Hall–Kier alpha value is -8.13. The van der Waals surface area contributed by atoms with E-state index in [0.717, 1.165) is 65.1 Å². The van der Waals surface area contributed by atoms with Crippen LogP contribution in [-0.4, -0.2) is 443 Å². The zero-order valence-electron chi connectivity index (χ0n) is 85.2. The topological polar surface area (TPSA) is 600 Å². The van der Waals surface area contributed by atoms with Crippen LogP contribution in [0.1, 0.15) is 130 Å². The number of ketones is 4. The van der Waals surface area contributed by atoms with Crippen molar-refractivity contribution in [3.8, 4) is 0 Å². The summed E-state index contributed by atoms with van der Waals surface area (Å²) in [6.07, 6.45) is 1.95. The number of nitrogens with one attached hydrogen (secondary N) is 16. The van der Waals surface area contributed by atoms with Crippen LogP contribution in [0.4, 0.5) is 0 Å². The molecule has 44 nitrogen and oxygen atoms in total. The van der Waals surface area contributed by atoms with E-state index >= 15 is 0 Å². The van der Waals surface area contributed by atoms with Crippen LogP contribution >= 0.6 is 0 Å². The molecule has 0 aliphatic heterocycles. The second-order valence-corrected chi connectivity index (χ2v) is 34.7. The van der Waals surface area contributed by atoms with Crippen LogP contribution in [0.15, 0.2) is 12.7 Å². The quantitative estimate of drug-likeness (QED) is 0.0117. The maximum atomic E-state index is 14.5. The van der Waals surface area contributed by atoms with Gasteiger partial charge in [-0.25, -0.2) is 4.79 Å². The van der Waals surface area contributed by atoms with Gasteiger partial charge in [0.2, 0.25) is 47.3 Å². The van der Waals surface area contributed by atoms with Crippen molar-refractivity contribution in [1.82, 2.24) is 114 Å². The first kappa shape index (κ1) is 132. The van der Waals surface area contributed by atoms with E-state index in [-0.39, 0.29) is 118 Å². The van der Waals surface area contributed by atoms with Gasteiger partial charge in [0.05, 0.1) is 30.6 Å². The van der Waals surface area contributed by atoms with Crippen molar-refractivity contribution in [2.24, 2.45) is 58.4 Å². The minimum atomic E-state index is -1.26. The summed E-state index contributed by atoms with van der Waals surface area (Å²) in [6.45, 7) is 31.7. The smallest absolute Gasteiger partial charge is 0.330 e. The molecule has 0 spiro atoms. The van der Waals surface area contributed by atoms with Crippen molar-refractivity contribution in [2.45, 2.75) is 130 Å². The molecule has 6 unspecified atom stereocenters. The molecule has 24 N–H and O–H groups in total. The number of unbranched alkanes of at least 4 members (excludes halogenated alkanes) is 2.